The molecule has 62 valence electrons. The molecule has 0 radical (unpaired) electrons. The van der Waals surface area contributed by atoms with Gasteiger partial charge in [-0.15, -0.1) is 0 Å². The Morgan fingerprint density at radius 1 is 1.33 bits per heavy atom. The van der Waals surface area contributed by atoms with Crippen LogP contribution in [0, 0.1) is 0 Å². The monoisotopic (exact) mass is 162 g/mol. The molecule has 0 atom stereocenters. The van der Waals surface area contributed by atoms with Crippen molar-refractivity contribution in [3.8, 4) is 11.5 Å². The van der Waals surface area contributed by atoms with Crippen molar-refractivity contribution >= 4 is 0 Å². The highest BCUT2D eigenvalue weighted by Gasteiger charge is 2.15. The van der Waals surface area contributed by atoms with Crippen LogP contribution in [-0.2, 0) is 0 Å². The molecule has 1 N–H and O–H groups in total. The second-order valence-electron chi connectivity index (χ2n) is 2.84. The predicted molar refractivity (Wildman–Crippen MR) is 46.5 cm³/mol. The third kappa shape index (κ3) is 1.16. The van der Waals surface area contributed by atoms with Crippen molar-refractivity contribution in [3.63, 3.8) is 0 Å². The SMILES string of the molecule is COc1cc(C2C=C2)ccc1O. The van der Waals surface area contributed by atoms with E-state index in [0.29, 0.717) is 11.7 Å². The first-order chi connectivity index (χ1) is 5.81. The van der Waals surface area contributed by atoms with Crippen LogP contribution in [0.4, 0.5) is 0 Å². The first kappa shape index (κ1) is 7.22. The third-order valence-electron chi connectivity index (χ3n) is 1.97. The minimum Gasteiger partial charge on any atom is -0.504 e. The van der Waals surface area contributed by atoms with Crippen molar-refractivity contribution in [2.24, 2.45) is 0 Å². The number of aromatic hydroxyl groups is 1. The molecule has 0 saturated heterocycles. The van der Waals surface area contributed by atoms with E-state index in [2.05, 4.69) is 12.2 Å². The molecule has 0 unspecified atom stereocenters. The zero-order valence-corrected chi connectivity index (χ0v) is 6.82. The Kier molecular flexibility index (Phi) is 1.54. The highest BCUT2D eigenvalue weighted by molar-refractivity contribution is 5.47. The second kappa shape index (κ2) is 2.55. The van der Waals surface area contributed by atoms with Crippen molar-refractivity contribution in [3.05, 3.63) is 35.9 Å². The van der Waals surface area contributed by atoms with E-state index in [1.165, 1.54) is 5.56 Å². The average Bonchev–Trinajstić information content (AvgIpc) is 2.88. The fourth-order valence-electron chi connectivity index (χ4n) is 1.18. The van der Waals surface area contributed by atoms with Gasteiger partial charge in [0, 0.05) is 5.92 Å². The van der Waals surface area contributed by atoms with Crippen LogP contribution >= 0.6 is 0 Å². The van der Waals surface area contributed by atoms with Crippen molar-refractivity contribution in [1.29, 1.82) is 0 Å². The summed E-state index contributed by atoms with van der Waals surface area (Å²) in [6.45, 7) is 0. The van der Waals surface area contributed by atoms with E-state index in [0.717, 1.165) is 0 Å². The Labute approximate surface area is 71.1 Å². The fraction of sp³-hybridized carbons (Fsp3) is 0.200. The molecule has 1 aliphatic rings. The average molecular weight is 162 g/mol. The van der Waals surface area contributed by atoms with E-state index in [-0.39, 0.29) is 5.75 Å². The summed E-state index contributed by atoms with van der Waals surface area (Å²) in [5.41, 5.74) is 1.17. The molecule has 12 heavy (non-hydrogen) atoms. The quantitative estimate of drug-likeness (QED) is 0.674. The van der Waals surface area contributed by atoms with Gasteiger partial charge in [-0.05, 0) is 17.7 Å². The molecule has 0 fully saturated rings. The van der Waals surface area contributed by atoms with Crippen LogP contribution < -0.4 is 4.74 Å². The van der Waals surface area contributed by atoms with Gasteiger partial charge in [-0.2, -0.15) is 0 Å². The molecule has 1 aromatic rings. The number of phenols is 1. The summed E-state index contributed by atoms with van der Waals surface area (Å²) in [5.74, 6) is 1.20. The molecule has 2 rings (SSSR count). The molecule has 0 aromatic heterocycles. The fourth-order valence-corrected chi connectivity index (χ4v) is 1.18. The van der Waals surface area contributed by atoms with Crippen LogP contribution in [0.5, 0.6) is 11.5 Å². The van der Waals surface area contributed by atoms with E-state index in [9.17, 15) is 5.11 Å². The van der Waals surface area contributed by atoms with E-state index < -0.39 is 0 Å². The predicted octanol–water partition coefficient (Wildman–Crippen LogP) is 2.05. The van der Waals surface area contributed by atoms with Crippen molar-refractivity contribution < 1.29 is 9.84 Å². The highest BCUT2D eigenvalue weighted by Crippen LogP contribution is 2.35. The van der Waals surface area contributed by atoms with Gasteiger partial charge >= 0.3 is 0 Å². The summed E-state index contributed by atoms with van der Waals surface area (Å²) in [6, 6.07) is 5.43. The van der Waals surface area contributed by atoms with Crippen molar-refractivity contribution in [2.75, 3.05) is 7.11 Å². The Balaban J connectivity index is 2.34. The number of hydrogen-bond acceptors (Lipinski definition) is 2. The molecule has 2 heteroatoms. The number of benzene rings is 1. The topological polar surface area (TPSA) is 29.5 Å². The summed E-state index contributed by atoms with van der Waals surface area (Å²) in [5, 5.41) is 9.29. The molecule has 0 bridgehead atoms. The molecular formula is C10H10O2. The summed E-state index contributed by atoms with van der Waals surface area (Å²) < 4.78 is 4.99. The number of rotatable bonds is 2. The molecule has 2 nitrogen and oxygen atoms in total. The Hall–Kier alpha value is -1.44. The van der Waals surface area contributed by atoms with Gasteiger partial charge in [-0.1, -0.05) is 18.2 Å². The van der Waals surface area contributed by atoms with Gasteiger partial charge in [0.05, 0.1) is 7.11 Å². The van der Waals surface area contributed by atoms with Crippen LogP contribution in [0.15, 0.2) is 30.4 Å². The highest BCUT2D eigenvalue weighted by atomic mass is 16.5. The lowest BCUT2D eigenvalue weighted by Gasteiger charge is -2.05. The van der Waals surface area contributed by atoms with Gasteiger partial charge in [-0.25, -0.2) is 0 Å². The van der Waals surface area contributed by atoms with E-state index in [1.807, 2.05) is 12.1 Å². The molecule has 1 aromatic carbocycles. The zero-order chi connectivity index (χ0) is 8.55. The second-order valence-corrected chi connectivity index (χ2v) is 2.84. The maximum atomic E-state index is 9.29. The normalized spacial score (nSPS) is 14.8. The van der Waals surface area contributed by atoms with Gasteiger partial charge in [0.15, 0.2) is 11.5 Å². The van der Waals surface area contributed by atoms with Crippen molar-refractivity contribution in [1.82, 2.24) is 0 Å². The van der Waals surface area contributed by atoms with E-state index in [1.54, 1.807) is 13.2 Å². The van der Waals surface area contributed by atoms with Gasteiger partial charge in [0.25, 0.3) is 0 Å². The molecule has 1 aliphatic carbocycles. The summed E-state index contributed by atoms with van der Waals surface area (Å²) >= 11 is 0. The number of phenolic OH excluding ortho intramolecular Hbond substituents is 1. The standard InChI is InChI=1S/C10H10O2/c1-12-10-6-8(7-2-3-7)4-5-9(10)11/h2-7,11H,1H3. The first-order valence-corrected chi connectivity index (χ1v) is 3.86. The lowest BCUT2D eigenvalue weighted by atomic mass is 10.1. The summed E-state index contributed by atoms with van der Waals surface area (Å²) in [6.07, 6.45) is 4.21. The van der Waals surface area contributed by atoms with Crippen LogP contribution in [0.1, 0.15) is 11.5 Å². The summed E-state index contributed by atoms with van der Waals surface area (Å²) in [4.78, 5) is 0. The molecule has 0 amide bonds. The minimum absolute atomic E-state index is 0.196. The smallest absolute Gasteiger partial charge is 0.160 e. The third-order valence-corrected chi connectivity index (χ3v) is 1.97. The Morgan fingerprint density at radius 3 is 2.67 bits per heavy atom. The van der Waals surface area contributed by atoms with Gasteiger partial charge in [-0.3, -0.25) is 0 Å². The maximum absolute atomic E-state index is 9.29. The van der Waals surface area contributed by atoms with Crippen LogP contribution in [0.25, 0.3) is 0 Å². The Bertz CT molecular complexity index is 323. The molecule has 0 aliphatic heterocycles. The Morgan fingerprint density at radius 2 is 2.08 bits per heavy atom. The van der Waals surface area contributed by atoms with Gasteiger partial charge < -0.3 is 9.84 Å². The van der Waals surface area contributed by atoms with Gasteiger partial charge in [0.1, 0.15) is 0 Å². The lowest BCUT2D eigenvalue weighted by molar-refractivity contribution is 0.373. The molecule has 0 spiro atoms. The minimum atomic E-state index is 0.196. The van der Waals surface area contributed by atoms with Gasteiger partial charge in [0.2, 0.25) is 0 Å². The van der Waals surface area contributed by atoms with Crippen LogP contribution in [-0.4, -0.2) is 12.2 Å². The number of ether oxygens (including phenoxy) is 1. The summed E-state index contributed by atoms with van der Waals surface area (Å²) in [7, 11) is 1.55. The number of hydrogen-bond donors (Lipinski definition) is 1. The van der Waals surface area contributed by atoms with Crippen LogP contribution in [0.2, 0.25) is 0 Å². The molecular weight excluding hydrogens is 152 g/mol. The number of allylic oxidation sites excluding steroid dienone is 2. The molecule has 0 saturated carbocycles. The largest absolute Gasteiger partial charge is 0.504 e. The first-order valence-electron chi connectivity index (χ1n) is 3.86. The van der Waals surface area contributed by atoms with Crippen molar-refractivity contribution in [2.45, 2.75) is 5.92 Å². The van der Waals surface area contributed by atoms with E-state index in [4.69, 9.17) is 4.74 Å². The van der Waals surface area contributed by atoms with Crippen LogP contribution in [0.3, 0.4) is 0 Å². The zero-order valence-electron chi connectivity index (χ0n) is 6.82. The maximum Gasteiger partial charge on any atom is 0.160 e. The molecule has 0 heterocycles. The van der Waals surface area contributed by atoms with E-state index >= 15 is 0 Å². The lowest BCUT2D eigenvalue weighted by Crippen LogP contribution is -1.86. The number of methoxy groups -OCH3 is 1.